The van der Waals surface area contributed by atoms with Crippen LogP contribution in [-0.4, -0.2) is 50.9 Å². The number of carbonyl (C=O) groups is 2. The number of amides is 2. The Morgan fingerprint density at radius 2 is 1.55 bits per heavy atom. The molecular weight excluding hydrogens is 705 g/mol. The largest absolute Gasteiger partial charge is 0.497 e. The zero-order valence-electron chi connectivity index (χ0n) is 27.0. The zero-order valence-corrected chi connectivity index (χ0v) is 30.1. The van der Waals surface area contributed by atoms with Gasteiger partial charge in [-0.25, -0.2) is 8.42 Å². The molecule has 0 saturated heterocycles. The highest BCUT2D eigenvalue weighted by atomic mass is 35.5. The van der Waals surface area contributed by atoms with Gasteiger partial charge in [-0.1, -0.05) is 96.5 Å². The van der Waals surface area contributed by atoms with Gasteiger partial charge in [0.25, 0.3) is 10.0 Å². The monoisotopic (exact) mass is 741 g/mol. The molecule has 1 fully saturated rings. The second-order valence-electron chi connectivity index (χ2n) is 12.0. The lowest BCUT2D eigenvalue weighted by Gasteiger charge is -2.35. The Morgan fingerprint density at radius 3 is 2.20 bits per heavy atom. The maximum atomic E-state index is 14.7. The molecule has 1 aliphatic rings. The van der Waals surface area contributed by atoms with E-state index in [1.165, 1.54) is 42.3 Å². The number of hydrogen-bond donors (Lipinski definition) is 1. The molecule has 2 amide bonds. The molecule has 0 bridgehead atoms. The fraction of sp³-hybridized carbons (Fsp3) is 0.297. The molecule has 0 aliphatic heterocycles. The molecule has 1 saturated carbocycles. The summed E-state index contributed by atoms with van der Waals surface area (Å²) in [6, 6.07) is 25.6. The summed E-state index contributed by atoms with van der Waals surface area (Å²) < 4.78 is 34.8. The van der Waals surface area contributed by atoms with Crippen molar-refractivity contribution < 1.29 is 22.7 Å². The molecular formula is C37H38Cl3N3O5S. The molecule has 5 rings (SSSR count). The average molecular weight is 743 g/mol. The van der Waals surface area contributed by atoms with E-state index in [4.69, 9.17) is 39.5 Å². The Kier molecular flexibility index (Phi) is 12.5. The van der Waals surface area contributed by atoms with Gasteiger partial charge in [0, 0.05) is 24.0 Å². The van der Waals surface area contributed by atoms with Gasteiger partial charge in [0.1, 0.15) is 18.3 Å². The molecule has 258 valence electrons. The fourth-order valence-electron chi connectivity index (χ4n) is 5.97. The summed E-state index contributed by atoms with van der Waals surface area (Å²) in [5.41, 5.74) is 1.66. The molecule has 4 aromatic carbocycles. The Balaban J connectivity index is 1.57. The highest BCUT2D eigenvalue weighted by Gasteiger charge is 2.35. The third kappa shape index (κ3) is 9.48. The minimum Gasteiger partial charge on any atom is -0.497 e. The summed E-state index contributed by atoms with van der Waals surface area (Å²) in [6.45, 7) is -0.644. The van der Waals surface area contributed by atoms with Crippen molar-refractivity contribution >= 4 is 62.3 Å². The van der Waals surface area contributed by atoms with Crippen LogP contribution in [0.3, 0.4) is 0 Å². The van der Waals surface area contributed by atoms with Gasteiger partial charge in [0.05, 0.1) is 27.7 Å². The normalized spacial score (nSPS) is 14.1. The van der Waals surface area contributed by atoms with Crippen LogP contribution in [0.15, 0.2) is 102 Å². The zero-order chi connectivity index (χ0) is 35.0. The van der Waals surface area contributed by atoms with Gasteiger partial charge >= 0.3 is 0 Å². The van der Waals surface area contributed by atoms with Crippen molar-refractivity contribution in [2.75, 3.05) is 18.0 Å². The quantitative estimate of drug-likeness (QED) is 0.150. The van der Waals surface area contributed by atoms with Crippen LogP contribution in [0.1, 0.15) is 43.2 Å². The number of carbonyl (C=O) groups excluding carboxylic acids is 2. The molecule has 0 aromatic heterocycles. The molecule has 1 unspecified atom stereocenters. The number of ether oxygens (including phenoxy) is 1. The van der Waals surface area contributed by atoms with E-state index in [-0.39, 0.29) is 35.5 Å². The standard InChI is InChI=1S/C37H38Cl3N3O5S/c1-48-31-16-18-32(19-17-31)49(46,47)43(30-14-8-11-28(38)23-30)25-36(44)42(24-27-15-20-33(39)34(40)21-27)35(22-26-9-4-2-5-10-26)37(45)41-29-12-6-3-7-13-29/h2,4-5,8-11,14-21,23,29,35H,3,6-7,12-13,22,24-25H2,1H3,(H,41,45). The third-order valence-electron chi connectivity index (χ3n) is 8.58. The first-order chi connectivity index (χ1) is 23.5. The van der Waals surface area contributed by atoms with Crippen LogP contribution in [-0.2, 0) is 32.6 Å². The van der Waals surface area contributed by atoms with Gasteiger partial charge in [0.15, 0.2) is 0 Å². The molecule has 0 spiro atoms. The molecule has 0 radical (unpaired) electrons. The molecule has 0 heterocycles. The van der Waals surface area contributed by atoms with Gasteiger partial charge in [0.2, 0.25) is 11.8 Å². The predicted octanol–water partition coefficient (Wildman–Crippen LogP) is 7.94. The summed E-state index contributed by atoms with van der Waals surface area (Å²) in [5.74, 6) is -0.427. The number of rotatable bonds is 13. The second-order valence-corrected chi connectivity index (χ2v) is 15.1. The lowest BCUT2D eigenvalue weighted by Crippen LogP contribution is -2.55. The summed E-state index contributed by atoms with van der Waals surface area (Å²) in [4.78, 5) is 30.3. The van der Waals surface area contributed by atoms with E-state index in [1.807, 2.05) is 30.3 Å². The van der Waals surface area contributed by atoms with Crippen LogP contribution in [0, 0.1) is 0 Å². The molecule has 12 heteroatoms. The van der Waals surface area contributed by atoms with Crippen molar-refractivity contribution in [1.29, 1.82) is 0 Å². The SMILES string of the molecule is COc1ccc(S(=O)(=O)N(CC(=O)N(Cc2ccc(Cl)c(Cl)c2)C(Cc2ccccc2)C(=O)NC2CCCCC2)c2cccc(Cl)c2)cc1. The molecule has 1 atom stereocenters. The number of methoxy groups -OCH3 is 1. The number of halogens is 3. The lowest BCUT2D eigenvalue weighted by atomic mass is 9.94. The lowest BCUT2D eigenvalue weighted by molar-refractivity contribution is -0.140. The minimum absolute atomic E-state index is 0.0140. The van der Waals surface area contributed by atoms with E-state index in [0.717, 1.165) is 42.0 Å². The van der Waals surface area contributed by atoms with Gasteiger partial charge in [-0.15, -0.1) is 0 Å². The summed E-state index contributed by atoms with van der Waals surface area (Å²) in [7, 11) is -2.82. The highest BCUT2D eigenvalue weighted by Crippen LogP contribution is 2.29. The Hall–Kier alpha value is -3.76. The van der Waals surface area contributed by atoms with E-state index >= 15 is 0 Å². The van der Waals surface area contributed by atoms with Gasteiger partial charge in [-0.05, 0) is 78.6 Å². The van der Waals surface area contributed by atoms with Crippen molar-refractivity contribution in [1.82, 2.24) is 10.2 Å². The van der Waals surface area contributed by atoms with Crippen molar-refractivity contribution in [2.45, 2.75) is 62.0 Å². The number of anilines is 1. The fourth-order valence-corrected chi connectivity index (χ4v) is 7.88. The van der Waals surface area contributed by atoms with Crippen molar-refractivity contribution in [3.8, 4) is 5.75 Å². The number of nitrogens with one attached hydrogen (secondary N) is 1. The van der Waals surface area contributed by atoms with E-state index in [2.05, 4.69) is 5.32 Å². The molecule has 1 aliphatic carbocycles. The van der Waals surface area contributed by atoms with Crippen LogP contribution < -0.4 is 14.4 Å². The van der Waals surface area contributed by atoms with Gasteiger partial charge in [-0.2, -0.15) is 0 Å². The Bertz CT molecular complexity index is 1850. The third-order valence-corrected chi connectivity index (χ3v) is 11.3. The van der Waals surface area contributed by atoms with Crippen LogP contribution in [0.4, 0.5) is 5.69 Å². The highest BCUT2D eigenvalue weighted by molar-refractivity contribution is 7.92. The summed E-state index contributed by atoms with van der Waals surface area (Å²) >= 11 is 18.9. The molecule has 1 N–H and O–H groups in total. The molecule has 4 aromatic rings. The van der Waals surface area contributed by atoms with E-state index in [0.29, 0.717) is 26.4 Å². The number of sulfonamides is 1. The van der Waals surface area contributed by atoms with E-state index in [1.54, 1.807) is 36.4 Å². The van der Waals surface area contributed by atoms with Crippen LogP contribution >= 0.6 is 34.8 Å². The second kappa shape index (κ2) is 16.8. The van der Waals surface area contributed by atoms with Crippen LogP contribution in [0.5, 0.6) is 5.75 Å². The minimum atomic E-state index is -4.30. The smallest absolute Gasteiger partial charge is 0.264 e. The van der Waals surface area contributed by atoms with Crippen LogP contribution in [0.25, 0.3) is 0 Å². The first kappa shape index (κ1) is 36.5. The molecule has 49 heavy (non-hydrogen) atoms. The van der Waals surface area contributed by atoms with E-state index < -0.39 is 28.5 Å². The van der Waals surface area contributed by atoms with Gasteiger partial charge < -0.3 is 15.0 Å². The number of nitrogens with zero attached hydrogens (tertiary/aromatic N) is 2. The Labute approximate surface area is 303 Å². The van der Waals surface area contributed by atoms with Crippen molar-refractivity contribution in [2.24, 2.45) is 0 Å². The first-order valence-corrected chi connectivity index (χ1v) is 18.6. The number of benzene rings is 4. The van der Waals surface area contributed by atoms with Gasteiger partial charge in [-0.3, -0.25) is 13.9 Å². The maximum absolute atomic E-state index is 14.7. The van der Waals surface area contributed by atoms with E-state index in [9.17, 15) is 18.0 Å². The number of hydrogen-bond acceptors (Lipinski definition) is 5. The predicted molar refractivity (Wildman–Crippen MR) is 195 cm³/mol. The Morgan fingerprint density at radius 1 is 0.837 bits per heavy atom. The average Bonchev–Trinajstić information content (AvgIpc) is 3.11. The van der Waals surface area contributed by atoms with Crippen LogP contribution in [0.2, 0.25) is 15.1 Å². The molecule has 8 nitrogen and oxygen atoms in total. The van der Waals surface area contributed by atoms with Crippen molar-refractivity contribution in [3.05, 3.63) is 123 Å². The summed E-state index contributed by atoms with van der Waals surface area (Å²) in [5, 5.41) is 4.13. The topological polar surface area (TPSA) is 96.0 Å². The maximum Gasteiger partial charge on any atom is 0.264 e. The van der Waals surface area contributed by atoms with Crippen molar-refractivity contribution in [3.63, 3.8) is 0 Å². The summed E-state index contributed by atoms with van der Waals surface area (Å²) in [6.07, 6.45) is 5.05. The first-order valence-electron chi connectivity index (χ1n) is 16.0.